The SMILES string of the molecule is C=CC(=O)N(Cc1cn(C)nc1C)c1ccc(Cl)c(OC)c1. The second-order valence-electron chi connectivity index (χ2n) is 4.86. The Labute approximate surface area is 134 Å². The quantitative estimate of drug-likeness (QED) is 0.796. The molecule has 5 nitrogen and oxygen atoms in total. The zero-order chi connectivity index (χ0) is 16.3. The summed E-state index contributed by atoms with van der Waals surface area (Å²) in [6.07, 6.45) is 3.18. The predicted molar refractivity (Wildman–Crippen MR) is 87.3 cm³/mol. The van der Waals surface area contributed by atoms with Gasteiger partial charge in [-0.3, -0.25) is 9.48 Å². The molecule has 22 heavy (non-hydrogen) atoms. The van der Waals surface area contributed by atoms with E-state index >= 15 is 0 Å². The molecule has 0 saturated carbocycles. The monoisotopic (exact) mass is 319 g/mol. The van der Waals surface area contributed by atoms with Crippen LogP contribution in [0, 0.1) is 6.92 Å². The number of benzene rings is 1. The summed E-state index contributed by atoms with van der Waals surface area (Å²) >= 11 is 6.04. The van der Waals surface area contributed by atoms with Gasteiger partial charge in [-0.15, -0.1) is 0 Å². The average molecular weight is 320 g/mol. The molecular formula is C16H18ClN3O2. The highest BCUT2D eigenvalue weighted by Crippen LogP contribution is 2.30. The molecule has 1 aromatic carbocycles. The first kappa shape index (κ1) is 16.1. The zero-order valence-electron chi connectivity index (χ0n) is 12.8. The Morgan fingerprint density at radius 1 is 1.55 bits per heavy atom. The van der Waals surface area contributed by atoms with Gasteiger partial charge in [-0.2, -0.15) is 5.10 Å². The first-order valence-electron chi connectivity index (χ1n) is 6.73. The summed E-state index contributed by atoms with van der Waals surface area (Å²) in [6.45, 7) is 5.88. The van der Waals surface area contributed by atoms with Crippen LogP contribution in [-0.4, -0.2) is 22.8 Å². The van der Waals surface area contributed by atoms with Crippen molar-refractivity contribution in [2.24, 2.45) is 7.05 Å². The first-order valence-corrected chi connectivity index (χ1v) is 7.10. The Bertz CT molecular complexity index is 709. The summed E-state index contributed by atoms with van der Waals surface area (Å²) in [7, 11) is 3.39. The second-order valence-corrected chi connectivity index (χ2v) is 5.27. The topological polar surface area (TPSA) is 47.4 Å². The van der Waals surface area contributed by atoms with Gasteiger partial charge in [0.1, 0.15) is 5.75 Å². The van der Waals surface area contributed by atoms with Crippen molar-refractivity contribution in [1.29, 1.82) is 0 Å². The lowest BCUT2D eigenvalue weighted by atomic mass is 10.2. The number of amides is 1. The molecule has 0 atom stereocenters. The number of nitrogens with zero attached hydrogens (tertiary/aromatic N) is 3. The lowest BCUT2D eigenvalue weighted by molar-refractivity contribution is -0.114. The Hall–Kier alpha value is -2.27. The summed E-state index contributed by atoms with van der Waals surface area (Å²) in [5.74, 6) is 0.316. The highest BCUT2D eigenvalue weighted by atomic mass is 35.5. The van der Waals surface area contributed by atoms with E-state index in [2.05, 4.69) is 11.7 Å². The summed E-state index contributed by atoms with van der Waals surface area (Å²) < 4.78 is 6.94. The molecule has 0 radical (unpaired) electrons. The third kappa shape index (κ3) is 3.31. The van der Waals surface area contributed by atoms with Crippen molar-refractivity contribution >= 4 is 23.2 Å². The van der Waals surface area contributed by atoms with Crippen LogP contribution in [0.1, 0.15) is 11.3 Å². The van der Waals surface area contributed by atoms with Gasteiger partial charge < -0.3 is 9.64 Å². The summed E-state index contributed by atoms with van der Waals surface area (Å²) in [6, 6.07) is 5.21. The second kappa shape index (κ2) is 6.66. The molecule has 0 bridgehead atoms. The number of anilines is 1. The van der Waals surface area contributed by atoms with E-state index in [4.69, 9.17) is 16.3 Å². The van der Waals surface area contributed by atoms with Gasteiger partial charge in [-0.25, -0.2) is 0 Å². The fraction of sp³-hybridized carbons (Fsp3) is 0.250. The number of carbonyl (C=O) groups is 1. The zero-order valence-corrected chi connectivity index (χ0v) is 13.6. The number of aryl methyl sites for hydroxylation is 2. The van der Waals surface area contributed by atoms with Crippen molar-refractivity contribution in [1.82, 2.24) is 9.78 Å². The maximum Gasteiger partial charge on any atom is 0.250 e. The number of carbonyl (C=O) groups excluding carboxylic acids is 1. The molecule has 1 aromatic heterocycles. The van der Waals surface area contributed by atoms with Gasteiger partial charge in [-0.05, 0) is 25.1 Å². The van der Waals surface area contributed by atoms with E-state index in [1.54, 1.807) is 27.8 Å². The number of hydrogen-bond donors (Lipinski definition) is 0. The lowest BCUT2D eigenvalue weighted by Crippen LogP contribution is -2.28. The highest BCUT2D eigenvalue weighted by molar-refractivity contribution is 6.32. The van der Waals surface area contributed by atoms with Crippen molar-refractivity contribution in [2.45, 2.75) is 13.5 Å². The van der Waals surface area contributed by atoms with Crippen LogP contribution in [0.4, 0.5) is 5.69 Å². The minimum absolute atomic E-state index is 0.201. The average Bonchev–Trinajstić information content (AvgIpc) is 2.82. The van der Waals surface area contributed by atoms with Gasteiger partial charge in [0.15, 0.2) is 0 Å². The molecule has 0 spiro atoms. The molecule has 0 N–H and O–H groups in total. The fourth-order valence-corrected chi connectivity index (χ4v) is 2.39. The maximum absolute atomic E-state index is 12.2. The van der Waals surface area contributed by atoms with Crippen LogP contribution in [0.2, 0.25) is 5.02 Å². The van der Waals surface area contributed by atoms with Gasteiger partial charge in [0.2, 0.25) is 0 Å². The molecule has 1 amide bonds. The van der Waals surface area contributed by atoms with E-state index in [1.807, 2.05) is 20.2 Å². The van der Waals surface area contributed by atoms with E-state index < -0.39 is 0 Å². The number of halogens is 1. The largest absolute Gasteiger partial charge is 0.495 e. The Balaban J connectivity index is 2.40. The number of rotatable bonds is 5. The Morgan fingerprint density at radius 3 is 2.82 bits per heavy atom. The Morgan fingerprint density at radius 2 is 2.27 bits per heavy atom. The Kier molecular flexibility index (Phi) is 4.88. The minimum Gasteiger partial charge on any atom is -0.495 e. The number of hydrogen-bond acceptors (Lipinski definition) is 3. The van der Waals surface area contributed by atoms with Gasteiger partial charge in [0.25, 0.3) is 5.91 Å². The van der Waals surface area contributed by atoms with Crippen LogP contribution in [-0.2, 0) is 18.4 Å². The molecule has 2 rings (SSSR count). The van der Waals surface area contributed by atoms with Crippen LogP contribution in [0.5, 0.6) is 5.75 Å². The van der Waals surface area contributed by atoms with Crippen molar-refractivity contribution in [3.63, 3.8) is 0 Å². The molecule has 0 fully saturated rings. The van der Waals surface area contributed by atoms with E-state index in [-0.39, 0.29) is 5.91 Å². The van der Waals surface area contributed by atoms with Crippen LogP contribution in [0.25, 0.3) is 0 Å². The summed E-state index contributed by atoms with van der Waals surface area (Å²) in [5.41, 5.74) is 2.53. The maximum atomic E-state index is 12.2. The van der Waals surface area contributed by atoms with Crippen LogP contribution < -0.4 is 9.64 Å². The van der Waals surface area contributed by atoms with E-state index in [0.29, 0.717) is 23.0 Å². The van der Waals surface area contributed by atoms with Crippen molar-refractivity contribution < 1.29 is 9.53 Å². The minimum atomic E-state index is -0.201. The summed E-state index contributed by atoms with van der Waals surface area (Å²) in [5, 5.41) is 4.79. The summed E-state index contributed by atoms with van der Waals surface area (Å²) in [4.78, 5) is 13.8. The van der Waals surface area contributed by atoms with Crippen LogP contribution in [0.15, 0.2) is 37.1 Å². The third-order valence-electron chi connectivity index (χ3n) is 3.33. The standard InChI is InChI=1S/C16H18ClN3O2/c1-5-16(21)20(10-12-9-19(3)18-11(12)2)13-6-7-14(17)15(8-13)22-4/h5-9H,1,10H2,2-4H3. The first-order chi connectivity index (χ1) is 10.5. The number of ether oxygens (including phenoxy) is 1. The molecule has 0 saturated heterocycles. The molecule has 116 valence electrons. The van der Waals surface area contributed by atoms with E-state index in [1.165, 1.54) is 13.2 Å². The van der Waals surface area contributed by atoms with Crippen molar-refractivity contribution in [3.05, 3.63) is 53.3 Å². The molecule has 0 aliphatic heterocycles. The van der Waals surface area contributed by atoms with Crippen LogP contribution >= 0.6 is 11.6 Å². The van der Waals surface area contributed by atoms with E-state index in [0.717, 1.165) is 11.3 Å². The van der Waals surface area contributed by atoms with Gasteiger partial charge in [0.05, 0.1) is 24.4 Å². The van der Waals surface area contributed by atoms with Crippen LogP contribution in [0.3, 0.4) is 0 Å². The molecule has 1 heterocycles. The molecule has 0 aliphatic carbocycles. The van der Waals surface area contributed by atoms with Gasteiger partial charge in [-0.1, -0.05) is 18.2 Å². The van der Waals surface area contributed by atoms with Gasteiger partial charge in [0, 0.05) is 30.6 Å². The smallest absolute Gasteiger partial charge is 0.250 e. The van der Waals surface area contributed by atoms with E-state index in [9.17, 15) is 4.79 Å². The highest BCUT2D eigenvalue weighted by Gasteiger charge is 2.17. The van der Waals surface area contributed by atoms with Crippen molar-refractivity contribution in [2.75, 3.05) is 12.0 Å². The fourth-order valence-electron chi connectivity index (χ4n) is 2.20. The number of methoxy groups -OCH3 is 1. The molecule has 0 unspecified atom stereocenters. The predicted octanol–water partition coefficient (Wildman–Crippen LogP) is 3.11. The molecular weight excluding hydrogens is 302 g/mol. The molecule has 2 aromatic rings. The van der Waals surface area contributed by atoms with Crippen molar-refractivity contribution in [3.8, 4) is 5.75 Å². The molecule has 6 heteroatoms. The van der Waals surface area contributed by atoms with Gasteiger partial charge >= 0.3 is 0 Å². The normalized spacial score (nSPS) is 10.4. The molecule has 0 aliphatic rings. The lowest BCUT2D eigenvalue weighted by Gasteiger charge is -2.22. The number of aromatic nitrogens is 2. The third-order valence-corrected chi connectivity index (χ3v) is 3.64.